The molecule has 1 heterocycles. The standard InChI is InChI=1S/C24H28N2OS/c27-24-22(25-18-10-9-13-19-11-3-1-4-12-19)23(20-14-5-2-6-15-20)28-26(24)21-16-7-8-17-21/h1-6,11-12,14-15,21,25H,7-10,13,16-18H2. The smallest absolute Gasteiger partial charge is 0.284 e. The fourth-order valence-corrected chi connectivity index (χ4v) is 5.25. The van der Waals surface area contributed by atoms with Crippen LogP contribution in [-0.4, -0.2) is 10.5 Å². The minimum atomic E-state index is 0.166. The first kappa shape index (κ1) is 19.0. The molecule has 1 aliphatic rings. The zero-order valence-electron chi connectivity index (χ0n) is 16.3. The highest BCUT2D eigenvalue weighted by Gasteiger charge is 2.24. The maximum Gasteiger partial charge on any atom is 0.284 e. The average Bonchev–Trinajstić information content (AvgIpc) is 3.38. The molecule has 0 saturated heterocycles. The molecule has 1 fully saturated rings. The van der Waals surface area contributed by atoms with Gasteiger partial charge in [-0.2, -0.15) is 0 Å². The second kappa shape index (κ2) is 9.24. The van der Waals surface area contributed by atoms with Gasteiger partial charge >= 0.3 is 0 Å². The molecule has 0 atom stereocenters. The van der Waals surface area contributed by atoms with Gasteiger partial charge in [-0.15, -0.1) is 0 Å². The van der Waals surface area contributed by atoms with E-state index in [9.17, 15) is 4.79 Å². The van der Waals surface area contributed by atoms with Gasteiger partial charge in [0.25, 0.3) is 5.56 Å². The number of hydrogen-bond acceptors (Lipinski definition) is 3. The number of benzene rings is 2. The van der Waals surface area contributed by atoms with Gasteiger partial charge in [-0.3, -0.25) is 8.75 Å². The Bertz CT molecular complexity index is 924. The molecule has 4 heteroatoms. The normalized spacial score (nSPS) is 14.4. The number of hydrogen-bond donors (Lipinski definition) is 1. The first-order valence-electron chi connectivity index (χ1n) is 10.4. The van der Waals surface area contributed by atoms with E-state index in [1.54, 1.807) is 11.5 Å². The first-order chi connectivity index (χ1) is 13.8. The Morgan fingerprint density at radius 2 is 1.61 bits per heavy atom. The molecule has 146 valence electrons. The molecule has 4 rings (SSSR count). The average molecular weight is 393 g/mol. The van der Waals surface area contributed by atoms with E-state index in [0.717, 1.165) is 54.8 Å². The van der Waals surface area contributed by atoms with Crippen molar-refractivity contribution >= 4 is 17.2 Å². The van der Waals surface area contributed by atoms with Gasteiger partial charge in [0.1, 0.15) is 5.69 Å². The summed E-state index contributed by atoms with van der Waals surface area (Å²) in [5, 5.41) is 3.49. The number of rotatable bonds is 8. The van der Waals surface area contributed by atoms with E-state index in [1.165, 1.54) is 18.4 Å². The summed E-state index contributed by atoms with van der Waals surface area (Å²) in [6.45, 7) is 0.837. The van der Waals surface area contributed by atoms with Gasteiger partial charge in [0.2, 0.25) is 0 Å². The van der Waals surface area contributed by atoms with Crippen molar-refractivity contribution < 1.29 is 0 Å². The van der Waals surface area contributed by atoms with Crippen molar-refractivity contribution in [1.29, 1.82) is 0 Å². The number of anilines is 1. The Morgan fingerprint density at radius 3 is 2.32 bits per heavy atom. The number of aryl methyl sites for hydroxylation is 1. The Hall–Kier alpha value is -2.33. The molecule has 1 saturated carbocycles. The van der Waals surface area contributed by atoms with Gasteiger partial charge in [-0.25, -0.2) is 0 Å². The van der Waals surface area contributed by atoms with Gasteiger partial charge in [0.15, 0.2) is 0 Å². The molecule has 0 aliphatic heterocycles. The van der Waals surface area contributed by atoms with E-state index in [1.807, 2.05) is 22.2 Å². The van der Waals surface area contributed by atoms with Crippen LogP contribution in [0.4, 0.5) is 5.69 Å². The maximum atomic E-state index is 13.1. The van der Waals surface area contributed by atoms with Crippen molar-refractivity contribution in [3.8, 4) is 10.4 Å². The second-order valence-corrected chi connectivity index (χ2v) is 8.58. The molecule has 0 amide bonds. The zero-order valence-corrected chi connectivity index (χ0v) is 17.1. The maximum absolute atomic E-state index is 13.1. The third kappa shape index (κ3) is 4.39. The summed E-state index contributed by atoms with van der Waals surface area (Å²) < 4.78 is 2.03. The lowest BCUT2D eigenvalue weighted by atomic mass is 10.1. The highest BCUT2D eigenvalue weighted by molar-refractivity contribution is 7.11. The van der Waals surface area contributed by atoms with Crippen molar-refractivity contribution in [2.45, 2.75) is 51.0 Å². The van der Waals surface area contributed by atoms with Crippen LogP contribution in [0.25, 0.3) is 10.4 Å². The Kier molecular flexibility index (Phi) is 6.27. The fraction of sp³-hybridized carbons (Fsp3) is 0.375. The summed E-state index contributed by atoms with van der Waals surface area (Å²) in [6.07, 6.45) is 8.00. The number of nitrogens with one attached hydrogen (secondary N) is 1. The number of nitrogens with zero attached hydrogens (tertiary/aromatic N) is 1. The molecule has 1 N–H and O–H groups in total. The zero-order chi connectivity index (χ0) is 19.2. The quantitative estimate of drug-likeness (QED) is 0.468. The number of unbranched alkanes of at least 4 members (excludes halogenated alkanes) is 1. The van der Waals surface area contributed by atoms with Gasteiger partial charge in [0, 0.05) is 12.6 Å². The summed E-state index contributed by atoms with van der Waals surface area (Å²) in [5.41, 5.74) is 3.47. The van der Waals surface area contributed by atoms with Crippen LogP contribution in [0, 0.1) is 0 Å². The van der Waals surface area contributed by atoms with Crippen molar-refractivity contribution in [3.63, 3.8) is 0 Å². The predicted molar refractivity (Wildman–Crippen MR) is 119 cm³/mol. The molecule has 3 aromatic rings. The van der Waals surface area contributed by atoms with Crippen LogP contribution in [0.1, 0.15) is 50.1 Å². The summed E-state index contributed by atoms with van der Waals surface area (Å²) in [7, 11) is 0. The van der Waals surface area contributed by atoms with E-state index in [0.29, 0.717) is 6.04 Å². The molecular weight excluding hydrogens is 364 g/mol. The molecule has 0 radical (unpaired) electrons. The summed E-state index contributed by atoms with van der Waals surface area (Å²) >= 11 is 1.64. The minimum absolute atomic E-state index is 0.166. The van der Waals surface area contributed by atoms with Gasteiger partial charge in [0.05, 0.1) is 4.88 Å². The van der Waals surface area contributed by atoms with Crippen LogP contribution in [-0.2, 0) is 6.42 Å². The lowest BCUT2D eigenvalue weighted by Crippen LogP contribution is -2.20. The fourth-order valence-electron chi connectivity index (χ4n) is 4.03. The topological polar surface area (TPSA) is 34.0 Å². The number of aromatic nitrogens is 1. The van der Waals surface area contributed by atoms with E-state index in [2.05, 4.69) is 47.8 Å². The highest BCUT2D eigenvalue weighted by Crippen LogP contribution is 2.36. The molecule has 0 unspecified atom stereocenters. The third-order valence-electron chi connectivity index (χ3n) is 5.56. The molecule has 3 nitrogen and oxygen atoms in total. The Labute approximate surface area is 171 Å². The molecule has 0 spiro atoms. The SMILES string of the molecule is O=c1c(NCCCCc2ccccc2)c(-c2ccccc2)sn1C1CCCC1. The lowest BCUT2D eigenvalue weighted by molar-refractivity contribution is 0.545. The molecule has 1 aliphatic carbocycles. The Morgan fingerprint density at radius 1 is 0.929 bits per heavy atom. The monoisotopic (exact) mass is 392 g/mol. The Balaban J connectivity index is 1.46. The van der Waals surface area contributed by atoms with E-state index >= 15 is 0 Å². The summed E-state index contributed by atoms with van der Waals surface area (Å²) in [5.74, 6) is 0. The largest absolute Gasteiger partial charge is 0.379 e. The third-order valence-corrected chi connectivity index (χ3v) is 6.84. The lowest BCUT2D eigenvalue weighted by Gasteiger charge is -2.08. The molecule has 28 heavy (non-hydrogen) atoms. The molecular formula is C24H28N2OS. The minimum Gasteiger partial charge on any atom is -0.379 e. The highest BCUT2D eigenvalue weighted by atomic mass is 32.1. The molecule has 0 bridgehead atoms. The van der Waals surface area contributed by atoms with Crippen LogP contribution in [0.5, 0.6) is 0 Å². The van der Waals surface area contributed by atoms with Gasteiger partial charge in [-0.1, -0.05) is 85.0 Å². The van der Waals surface area contributed by atoms with E-state index < -0.39 is 0 Å². The van der Waals surface area contributed by atoms with Gasteiger partial charge in [-0.05, 0) is 43.2 Å². The second-order valence-electron chi connectivity index (χ2n) is 7.60. The van der Waals surface area contributed by atoms with Crippen LogP contribution in [0.15, 0.2) is 65.5 Å². The van der Waals surface area contributed by atoms with Gasteiger partial charge < -0.3 is 5.32 Å². The summed E-state index contributed by atoms with van der Waals surface area (Å²) in [6, 6.07) is 21.3. The predicted octanol–water partition coefficient (Wildman–Crippen LogP) is 6.13. The van der Waals surface area contributed by atoms with Crippen LogP contribution in [0.3, 0.4) is 0 Å². The van der Waals surface area contributed by atoms with Crippen LogP contribution < -0.4 is 10.9 Å². The van der Waals surface area contributed by atoms with Crippen molar-refractivity contribution in [2.24, 2.45) is 0 Å². The van der Waals surface area contributed by atoms with Crippen molar-refractivity contribution in [2.75, 3.05) is 11.9 Å². The molecule has 1 aromatic heterocycles. The van der Waals surface area contributed by atoms with Crippen molar-refractivity contribution in [1.82, 2.24) is 3.96 Å². The van der Waals surface area contributed by atoms with Crippen molar-refractivity contribution in [3.05, 3.63) is 76.6 Å². The van der Waals surface area contributed by atoms with E-state index in [-0.39, 0.29) is 5.56 Å². The van der Waals surface area contributed by atoms with Crippen LogP contribution in [0.2, 0.25) is 0 Å². The van der Waals surface area contributed by atoms with E-state index in [4.69, 9.17) is 0 Å². The summed E-state index contributed by atoms with van der Waals surface area (Å²) in [4.78, 5) is 14.2. The van der Waals surface area contributed by atoms with Crippen LogP contribution >= 0.6 is 11.5 Å². The first-order valence-corrected chi connectivity index (χ1v) is 11.2. The molecule has 2 aromatic carbocycles.